The molecule has 1 unspecified atom stereocenters. The number of aromatic amines is 1. The second-order valence-corrected chi connectivity index (χ2v) is 12.6. The number of quaternary nitrogens is 1. The van der Waals surface area contributed by atoms with Crippen LogP contribution in [0.15, 0.2) is 95.1 Å². The van der Waals surface area contributed by atoms with Crippen LogP contribution in [0.4, 0.5) is 24.8 Å². The van der Waals surface area contributed by atoms with E-state index < -0.39 is 29.4 Å². The number of fused-ring (bicyclic) bond motifs is 2. The molecule has 3 aromatic carbocycles. The van der Waals surface area contributed by atoms with Gasteiger partial charge in [-0.1, -0.05) is 30.3 Å². The highest BCUT2D eigenvalue weighted by atomic mass is 79.9. The highest BCUT2D eigenvalue weighted by Gasteiger charge is 2.41. The predicted molar refractivity (Wildman–Crippen MR) is 177 cm³/mol. The smallest absolute Gasteiger partial charge is 0.416 e. The molecule has 0 radical (unpaired) electrons. The Labute approximate surface area is 296 Å². The van der Waals surface area contributed by atoms with Gasteiger partial charge in [-0.15, -0.1) is 5.10 Å². The number of pyridine rings is 1. The zero-order valence-electron chi connectivity index (χ0n) is 27.6. The fourth-order valence-electron chi connectivity index (χ4n) is 6.51. The van der Waals surface area contributed by atoms with Crippen molar-refractivity contribution in [2.45, 2.75) is 32.1 Å². The van der Waals surface area contributed by atoms with E-state index in [1.807, 2.05) is 24.3 Å². The second-order valence-electron chi connectivity index (χ2n) is 12.6. The van der Waals surface area contributed by atoms with Gasteiger partial charge < -0.3 is 26.2 Å². The maximum atomic E-state index is 13.7. The first kappa shape index (κ1) is 36.0. The van der Waals surface area contributed by atoms with Crippen LogP contribution in [0, 0.1) is 11.3 Å². The third-order valence-electron chi connectivity index (χ3n) is 8.87. The van der Waals surface area contributed by atoms with Crippen molar-refractivity contribution < 1.29 is 44.2 Å². The van der Waals surface area contributed by atoms with Gasteiger partial charge in [0.1, 0.15) is 12.6 Å². The molecule has 10 nitrogen and oxygen atoms in total. The Morgan fingerprint density at radius 2 is 1.82 bits per heavy atom. The predicted octanol–water partition coefficient (Wildman–Crippen LogP) is 3.02. The molecule has 3 heterocycles. The van der Waals surface area contributed by atoms with Crippen molar-refractivity contribution in [2.75, 3.05) is 32.6 Å². The van der Waals surface area contributed by atoms with Gasteiger partial charge in [0.05, 0.1) is 56.0 Å². The summed E-state index contributed by atoms with van der Waals surface area (Å²) in [5.74, 6) is -0.773. The first-order valence-electron chi connectivity index (χ1n) is 15.4. The van der Waals surface area contributed by atoms with Crippen molar-refractivity contribution >= 4 is 28.5 Å². The molecule has 0 fully saturated rings. The lowest BCUT2D eigenvalue weighted by molar-refractivity contribution is -0.903. The second kappa shape index (κ2) is 13.9. The molecule has 0 saturated heterocycles. The van der Waals surface area contributed by atoms with Crippen LogP contribution in [-0.4, -0.2) is 58.0 Å². The highest BCUT2D eigenvalue weighted by molar-refractivity contribution is 5.93. The largest absolute Gasteiger partial charge is 1.00 e. The van der Waals surface area contributed by atoms with Crippen LogP contribution in [0.25, 0.3) is 10.9 Å². The number of ether oxygens (including phenoxy) is 1. The van der Waals surface area contributed by atoms with Gasteiger partial charge in [0.2, 0.25) is 5.95 Å². The van der Waals surface area contributed by atoms with E-state index in [4.69, 9.17) is 4.74 Å². The SMILES string of the molecule is COC(=O)C1=C(C)N(c2cccc(C(F)(F)F)c2)c2n[nH]c(=O)n2C1c1ccc(C#N)cc1CC[N+](C)(C)Cc1cccc2ncccc12.[Br-]. The highest BCUT2D eigenvalue weighted by Crippen LogP contribution is 2.43. The van der Waals surface area contributed by atoms with Crippen LogP contribution in [0.2, 0.25) is 0 Å². The van der Waals surface area contributed by atoms with Crippen molar-refractivity contribution in [3.8, 4) is 6.07 Å². The lowest BCUT2D eigenvalue weighted by Crippen LogP contribution is -3.00. The quantitative estimate of drug-likeness (QED) is 0.192. The van der Waals surface area contributed by atoms with Gasteiger partial charge in [-0.25, -0.2) is 19.3 Å². The molecule has 6 rings (SSSR count). The third-order valence-corrected chi connectivity index (χ3v) is 8.87. The summed E-state index contributed by atoms with van der Waals surface area (Å²) in [6.07, 6.45) is -2.41. The number of rotatable bonds is 8. The van der Waals surface area contributed by atoms with E-state index in [0.717, 1.165) is 34.2 Å². The van der Waals surface area contributed by atoms with Crippen LogP contribution in [0.5, 0.6) is 0 Å². The van der Waals surface area contributed by atoms with Gasteiger partial charge in [0.25, 0.3) is 0 Å². The molecule has 0 amide bonds. The number of H-pyrrole nitrogens is 1. The Morgan fingerprint density at radius 1 is 1.06 bits per heavy atom. The minimum Gasteiger partial charge on any atom is -1.00 e. The zero-order valence-corrected chi connectivity index (χ0v) is 29.2. The molecule has 1 N–H and O–H groups in total. The Balaban J connectivity index is 0.00000486. The van der Waals surface area contributed by atoms with Gasteiger partial charge in [0, 0.05) is 35.0 Å². The number of nitriles is 1. The standard InChI is InChI=1S/C36H32F3N7O3.BrH/c1-22-31(33(47)49-4)32(45-34(42-43-35(45)48)44(22)27-10-6-9-26(19-27)36(37,38)39)29-14-13-23(20-40)18-24(29)15-17-46(2,3)21-25-8-5-12-30-28(25)11-7-16-41-30;/h5-14,16,18-19,32H,15,17,21H2,1-4H3;1H. The minimum atomic E-state index is -4.63. The van der Waals surface area contributed by atoms with E-state index in [-0.39, 0.29) is 39.9 Å². The molecule has 0 bridgehead atoms. The van der Waals surface area contributed by atoms with Crippen molar-refractivity contribution in [1.29, 1.82) is 5.26 Å². The number of nitrogens with one attached hydrogen (secondary N) is 1. The summed E-state index contributed by atoms with van der Waals surface area (Å²) < 4.78 is 48.2. The van der Waals surface area contributed by atoms with E-state index in [1.165, 1.54) is 28.7 Å². The topological polar surface area (TPSA) is 117 Å². The molecular weight excluding hydrogens is 715 g/mol. The van der Waals surface area contributed by atoms with E-state index in [9.17, 15) is 28.0 Å². The van der Waals surface area contributed by atoms with Gasteiger partial charge in [-0.2, -0.15) is 18.4 Å². The van der Waals surface area contributed by atoms with Crippen molar-refractivity contribution in [3.63, 3.8) is 0 Å². The minimum absolute atomic E-state index is 0. The number of esters is 1. The maximum absolute atomic E-state index is 13.7. The summed E-state index contributed by atoms with van der Waals surface area (Å²) in [6.45, 7) is 2.87. The van der Waals surface area contributed by atoms with E-state index >= 15 is 0 Å². The van der Waals surface area contributed by atoms with E-state index in [1.54, 1.807) is 31.3 Å². The number of aromatic nitrogens is 4. The number of halogens is 4. The summed E-state index contributed by atoms with van der Waals surface area (Å²) in [6, 6.07) is 20.7. The number of methoxy groups -OCH3 is 1. The van der Waals surface area contributed by atoms with Crippen LogP contribution < -0.4 is 27.6 Å². The molecule has 5 aromatic rings. The number of hydrogen-bond donors (Lipinski definition) is 1. The Hall–Kier alpha value is -5.26. The van der Waals surface area contributed by atoms with Crippen molar-refractivity contribution in [2.24, 2.45) is 0 Å². The fourth-order valence-corrected chi connectivity index (χ4v) is 6.51. The number of carbonyl (C=O) groups excluding carboxylic acids is 1. The normalized spacial score (nSPS) is 14.6. The average molecular weight is 749 g/mol. The lowest BCUT2D eigenvalue weighted by atomic mass is 9.89. The molecule has 1 aliphatic rings. The number of nitrogens with zero attached hydrogens (tertiary/aromatic N) is 6. The molecule has 2 aromatic heterocycles. The van der Waals surface area contributed by atoms with Gasteiger partial charge in [-0.3, -0.25) is 9.88 Å². The number of anilines is 2. The Kier molecular flexibility index (Phi) is 10.0. The molecular formula is C36H33BrF3N7O3. The number of carbonyl (C=O) groups is 1. The monoisotopic (exact) mass is 747 g/mol. The van der Waals surface area contributed by atoms with Crippen molar-refractivity contribution in [3.05, 3.63) is 129 Å². The molecule has 14 heteroatoms. The van der Waals surface area contributed by atoms with Crippen LogP contribution in [0.3, 0.4) is 0 Å². The summed E-state index contributed by atoms with van der Waals surface area (Å²) in [7, 11) is 5.39. The maximum Gasteiger partial charge on any atom is 0.416 e. The Morgan fingerprint density at radius 3 is 2.54 bits per heavy atom. The molecule has 50 heavy (non-hydrogen) atoms. The first-order chi connectivity index (χ1) is 23.3. The number of alkyl halides is 3. The molecule has 0 aliphatic carbocycles. The number of likely N-dealkylation sites (N-methyl/N-ethyl adjacent to an activating group) is 1. The summed E-state index contributed by atoms with van der Waals surface area (Å²) in [5.41, 5.74) is 2.44. The summed E-state index contributed by atoms with van der Waals surface area (Å²) >= 11 is 0. The van der Waals surface area contributed by atoms with Crippen LogP contribution >= 0.6 is 0 Å². The lowest BCUT2D eigenvalue weighted by Gasteiger charge is -2.36. The summed E-state index contributed by atoms with van der Waals surface area (Å²) in [5, 5.41) is 17.5. The van der Waals surface area contributed by atoms with Crippen molar-refractivity contribution in [1.82, 2.24) is 19.7 Å². The molecule has 258 valence electrons. The van der Waals surface area contributed by atoms with E-state index in [0.29, 0.717) is 35.1 Å². The molecule has 0 spiro atoms. The van der Waals surface area contributed by atoms with Gasteiger partial charge >= 0.3 is 17.8 Å². The first-order valence-corrected chi connectivity index (χ1v) is 15.4. The zero-order chi connectivity index (χ0) is 35.1. The molecule has 1 aliphatic heterocycles. The third kappa shape index (κ3) is 6.79. The average Bonchev–Trinajstić information content (AvgIpc) is 3.46. The molecule has 1 atom stereocenters. The fraction of sp³-hybridized carbons (Fsp3) is 0.250. The Bertz CT molecular complexity index is 2210. The summed E-state index contributed by atoms with van der Waals surface area (Å²) in [4.78, 5) is 32.9. The molecule has 0 saturated carbocycles. The van der Waals surface area contributed by atoms with Gasteiger partial charge in [-0.05, 0) is 60.5 Å². The van der Waals surface area contributed by atoms with Gasteiger partial charge in [0.15, 0.2) is 0 Å². The van der Waals surface area contributed by atoms with Crippen LogP contribution in [0.1, 0.15) is 40.8 Å². The van der Waals surface area contributed by atoms with Crippen LogP contribution in [-0.2, 0) is 28.7 Å². The van der Waals surface area contributed by atoms with E-state index in [2.05, 4.69) is 41.4 Å². The number of allylic oxidation sites excluding steroid dienone is 1. The number of hydrogen-bond acceptors (Lipinski definition) is 7. The number of benzene rings is 3.